The van der Waals surface area contributed by atoms with Crippen molar-refractivity contribution < 1.29 is 14.3 Å². The molecule has 0 N–H and O–H groups in total. The molecule has 1 aliphatic heterocycles. The number of carbonyl (C=O) groups excluding carboxylic acids is 1. The molecule has 2 aromatic carbocycles. The number of amides is 1. The maximum Gasteiger partial charge on any atom is 0.261 e. The van der Waals surface area contributed by atoms with Crippen LogP contribution in [0.3, 0.4) is 0 Å². The van der Waals surface area contributed by atoms with Gasteiger partial charge in [-0.3, -0.25) is 4.79 Å². The SMILES string of the molecule is COc1ccc(OCC(=O)N2CCc3sccc3[C@@H]2c2ccccc2)cc1. The van der Waals surface area contributed by atoms with Crippen LogP contribution in [-0.2, 0) is 11.2 Å². The molecule has 4 nitrogen and oxygen atoms in total. The summed E-state index contributed by atoms with van der Waals surface area (Å²) in [6.07, 6.45) is 0.893. The van der Waals surface area contributed by atoms with Gasteiger partial charge in [0.25, 0.3) is 5.91 Å². The van der Waals surface area contributed by atoms with Gasteiger partial charge in [-0.2, -0.15) is 0 Å². The van der Waals surface area contributed by atoms with Gasteiger partial charge in [0.15, 0.2) is 6.61 Å². The van der Waals surface area contributed by atoms with E-state index in [1.54, 1.807) is 18.4 Å². The van der Waals surface area contributed by atoms with E-state index in [0.29, 0.717) is 12.3 Å². The van der Waals surface area contributed by atoms with Crippen molar-refractivity contribution >= 4 is 17.2 Å². The molecular formula is C22H21NO3S. The van der Waals surface area contributed by atoms with Crippen LogP contribution < -0.4 is 9.47 Å². The van der Waals surface area contributed by atoms with Crippen LogP contribution in [0.15, 0.2) is 66.0 Å². The van der Waals surface area contributed by atoms with Crippen LogP contribution >= 0.6 is 11.3 Å². The first kappa shape index (κ1) is 17.6. The number of fused-ring (bicyclic) bond motifs is 1. The van der Waals surface area contributed by atoms with Crippen molar-refractivity contribution in [1.82, 2.24) is 4.90 Å². The van der Waals surface area contributed by atoms with Crippen molar-refractivity contribution in [2.45, 2.75) is 12.5 Å². The molecule has 2 heterocycles. The summed E-state index contributed by atoms with van der Waals surface area (Å²) in [6.45, 7) is 0.729. The van der Waals surface area contributed by atoms with Crippen LogP contribution in [0.4, 0.5) is 0 Å². The smallest absolute Gasteiger partial charge is 0.261 e. The van der Waals surface area contributed by atoms with Crippen molar-refractivity contribution in [2.75, 3.05) is 20.3 Å². The topological polar surface area (TPSA) is 38.8 Å². The van der Waals surface area contributed by atoms with E-state index < -0.39 is 0 Å². The van der Waals surface area contributed by atoms with E-state index in [4.69, 9.17) is 9.47 Å². The molecule has 4 rings (SSSR count). The van der Waals surface area contributed by atoms with Crippen LogP contribution in [0.2, 0.25) is 0 Å². The van der Waals surface area contributed by atoms with Crippen molar-refractivity contribution in [3.8, 4) is 11.5 Å². The summed E-state index contributed by atoms with van der Waals surface area (Å²) < 4.78 is 10.9. The molecular weight excluding hydrogens is 358 g/mol. The molecule has 5 heteroatoms. The molecule has 1 atom stereocenters. The molecule has 0 aliphatic carbocycles. The minimum atomic E-state index is -0.0480. The third kappa shape index (κ3) is 3.69. The molecule has 0 bridgehead atoms. The summed E-state index contributed by atoms with van der Waals surface area (Å²) >= 11 is 1.77. The summed E-state index contributed by atoms with van der Waals surface area (Å²) in [6, 6.07) is 19.6. The normalized spacial score (nSPS) is 15.9. The Bertz CT molecular complexity index is 905. The summed E-state index contributed by atoms with van der Waals surface area (Å²) in [4.78, 5) is 16.3. The van der Waals surface area contributed by atoms with Crippen molar-refractivity contribution in [2.24, 2.45) is 0 Å². The number of rotatable bonds is 5. The molecule has 1 aliphatic rings. The number of nitrogens with zero attached hydrogens (tertiary/aromatic N) is 1. The number of hydrogen-bond acceptors (Lipinski definition) is 4. The molecule has 0 radical (unpaired) electrons. The van der Waals surface area contributed by atoms with E-state index in [0.717, 1.165) is 17.7 Å². The highest BCUT2D eigenvalue weighted by Crippen LogP contribution is 2.37. The van der Waals surface area contributed by atoms with E-state index in [9.17, 15) is 4.79 Å². The summed E-state index contributed by atoms with van der Waals surface area (Å²) in [7, 11) is 1.62. The molecule has 0 saturated carbocycles. The van der Waals surface area contributed by atoms with Gasteiger partial charge in [-0.25, -0.2) is 0 Å². The number of methoxy groups -OCH3 is 1. The van der Waals surface area contributed by atoms with Crippen LogP contribution in [0.1, 0.15) is 22.0 Å². The van der Waals surface area contributed by atoms with Gasteiger partial charge in [-0.05, 0) is 53.3 Å². The zero-order chi connectivity index (χ0) is 18.6. The lowest BCUT2D eigenvalue weighted by atomic mass is 9.93. The first-order chi connectivity index (χ1) is 13.3. The highest BCUT2D eigenvalue weighted by Gasteiger charge is 2.32. The van der Waals surface area contributed by atoms with E-state index in [1.165, 1.54) is 10.4 Å². The molecule has 0 saturated heterocycles. The Morgan fingerprint density at radius 1 is 1.07 bits per heavy atom. The van der Waals surface area contributed by atoms with E-state index in [2.05, 4.69) is 23.6 Å². The second-order valence-corrected chi connectivity index (χ2v) is 7.41. The van der Waals surface area contributed by atoms with Crippen LogP contribution in [0.25, 0.3) is 0 Å². The van der Waals surface area contributed by atoms with Gasteiger partial charge in [-0.1, -0.05) is 30.3 Å². The molecule has 0 unspecified atom stereocenters. The van der Waals surface area contributed by atoms with E-state index in [-0.39, 0.29) is 18.6 Å². The fourth-order valence-electron chi connectivity index (χ4n) is 3.48. The molecule has 3 aromatic rings. The first-order valence-corrected chi connectivity index (χ1v) is 9.82. The largest absolute Gasteiger partial charge is 0.497 e. The lowest BCUT2D eigenvalue weighted by molar-refractivity contribution is -0.135. The quantitative estimate of drug-likeness (QED) is 0.663. The number of carbonyl (C=O) groups is 1. The van der Waals surface area contributed by atoms with Gasteiger partial charge in [0.05, 0.1) is 13.2 Å². The maximum absolute atomic E-state index is 13.0. The van der Waals surface area contributed by atoms with Crippen LogP contribution in [-0.4, -0.2) is 31.1 Å². The number of benzene rings is 2. The van der Waals surface area contributed by atoms with Gasteiger partial charge in [0.2, 0.25) is 0 Å². The van der Waals surface area contributed by atoms with Gasteiger partial charge in [0, 0.05) is 11.4 Å². The van der Waals surface area contributed by atoms with Gasteiger partial charge in [0.1, 0.15) is 11.5 Å². The molecule has 1 amide bonds. The third-order valence-corrected chi connectivity index (χ3v) is 5.82. The average molecular weight is 379 g/mol. The number of hydrogen-bond donors (Lipinski definition) is 0. The Morgan fingerprint density at radius 2 is 1.81 bits per heavy atom. The third-order valence-electron chi connectivity index (χ3n) is 4.82. The number of thiophene rings is 1. The van der Waals surface area contributed by atoms with Crippen molar-refractivity contribution in [3.05, 3.63) is 82.0 Å². The Labute approximate surface area is 163 Å². The Kier molecular flexibility index (Phi) is 5.12. The summed E-state index contributed by atoms with van der Waals surface area (Å²) in [5.41, 5.74) is 2.37. The van der Waals surface area contributed by atoms with Gasteiger partial charge < -0.3 is 14.4 Å². The lowest BCUT2D eigenvalue weighted by Gasteiger charge is -2.36. The number of ether oxygens (including phenoxy) is 2. The Morgan fingerprint density at radius 3 is 2.56 bits per heavy atom. The molecule has 0 spiro atoms. The highest BCUT2D eigenvalue weighted by molar-refractivity contribution is 7.10. The molecule has 0 fully saturated rings. The lowest BCUT2D eigenvalue weighted by Crippen LogP contribution is -2.42. The monoisotopic (exact) mass is 379 g/mol. The highest BCUT2D eigenvalue weighted by atomic mass is 32.1. The van der Waals surface area contributed by atoms with Crippen LogP contribution in [0, 0.1) is 0 Å². The fourth-order valence-corrected chi connectivity index (χ4v) is 4.38. The summed E-state index contributed by atoms with van der Waals surface area (Å²) in [5.74, 6) is 1.42. The maximum atomic E-state index is 13.0. The molecule has 27 heavy (non-hydrogen) atoms. The van der Waals surface area contributed by atoms with Crippen molar-refractivity contribution in [1.29, 1.82) is 0 Å². The second-order valence-electron chi connectivity index (χ2n) is 6.41. The molecule has 1 aromatic heterocycles. The average Bonchev–Trinajstić information content (AvgIpc) is 3.21. The van der Waals surface area contributed by atoms with Crippen molar-refractivity contribution in [3.63, 3.8) is 0 Å². The fraction of sp³-hybridized carbons (Fsp3) is 0.227. The van der Waals surface area contributed by atoms with E-state index in [1.807, 2.05) is 47.4 Å². The van der Waals surface area contributed by atoms with Gasteiger partial charge in [-0.15, -0.1) is 11.3 Å². The Balaban J connectivity index is 1.53. The zero-order valence-electron chi connectivity index (χ0n) is 15.1. The minimum Gasteiger partial charge on any atom is -0.497 e. The van der Waals surface area contributed by atoms with Crippen LogP contribution in [0.5, 0.6) is 11.5 Å². The minimum absolute atomic E-state index is 0.00322. The predicted octanol–water partition coefficient (Wildman–Crippen LogP) is 4.31. The standard InChI is InChI=1S/C22H21NO3S/c1-25-17-7-9-18(10-8-17)26-15-21(24)23-13-11-20-19(12-14-27-20)22(23)16-5-3-2-4-6-16/h2-10,12,14,22H,11,13,15H2,1H3/t22-/m0/s1. The Hall–Kier alpha value is -2.79. The van der Waals surface area contributed by atoms with Gasteiger partial charge >= 0.3 is 0 Å². The predicted molar refractivity (Wildman–Crippen MR) is 107 cm³/mol. The molecule has 138 valence electrons. The first-order valence-electron chi connectivity index (χ1n) is 8.94. The van der Waals surface area contributed by atoms with E-state index >= 15 is 0 Å². The second kappa shape index (κ2) is 7.84. The summed E-state index contributed by atoms with van der Waals surface area (Å²) in [5, 5.41) is 2.11. The zero-order valence-corrected chi connectivity index (χ0v) is 15.9.